The van der Waals surface area contributed by atoms with Gasteiger partial charge >= 0.3 is 0 Å². The molecule has 6 heteroatoms. The Labute approximate surface area is 152 Å². The summed E-state index contributed by atoms with van der Waals surface area (Å²) >= 11 is 0. The van der Waals surface area contributed by atoms with Crippen LogP contribution in [0.5, 0.6) is 0 Å². The molecule has 26 heavy (non-hydrogen) atoms. The molecule has 0 amide bonds. The molecule has 4 rings (SSSR count). The summed E-state index contributed by atoms with van der Waals surface area (Å²) in [5.41, 5.74) is 2.71. The second kappa shape index (κ2) is 6.96. The van der Waals surface area contributed by atoms with Crippen molar-refractivity contribution in [3.8, 4) is 11.3 Å². The maximum Gasteiger partial charge on any atom is 0.142 e. The van der Waals surface area contributed by atoms with Crippen LogP contribution in [0.1, 0.15) is 18.5 Å². The zero-order valence-electron chi connectivity index (χ0n) is 15.2. The maximum absolute atomic E-state index is 12.6. The monoisotopic (exact) mass is 349 g/mol. The zero-order valence-corrected chi connectivity index (χ0v) is 15.2. The molecule has 0 radical (unpaired) electrons. The molecule has 3 aromatic rings. The lowest BCUT2D eigenvalue weighted by Gasteiger charge is -2.27. The van der Waals surface area contributed by atoms with E-state index in [-0.39, 0.29) is 5.92 Å². The molecule has 0 bridgehead atoms. The summed E-state index contributed by atoms with van der Waals surface area (Å²) in [6.45, 7) is 2.01. The van der Waals surface area contributed by atoms with E-state index in [2.05, 4.69) is 33.3 Å². The highest BCUT2D eigenvalue weighted by molar-refractivity contribution is 5.88. The Morgan fingerprint density at radius 1 is 1.15 bits per heavy atom. The molecule has 1 aromatic carbocycles. The van der Waals surface area contributed by atoms with Gasteiger partial charge in [-0.2, -0.15) is 0 Å². The minimum atomic E-state index is 0.176. The average Bonchev–Trinajstić information content (AvgIpc) is 3.08. The Morgan fingerprint density at radius 3 is 2.69 bits per heavy atom. The van der Waals surface area contributed by atoms with Crippen molar-refractivity contribution in [2.45, 2.75) is 19.3 Å². The maximum atomic E-state index is 12.6. The summed E-state index contributed by atoms with van der Waals surface area (Å²) < 4.78 is 1.69. The number of hydrogen-bond acceptors (Lipinski definition) is 5. The van der Waals surface area contributed by atoms with E-state index in [4.69, 9.17) is 0 Å². The smallest absolute Gasteiger partial charge is 0.142 e. The van der Waals surface area contributed by atoms with Crippen LogP contribution in [0.15, 0.2) is 36.7 Å². The van der Waals surface area contributed by atoms with Crippen LogP contribution in [0, 0.1) is 5.92 Å². The first-order valence-electron chi connectivity index (χ1n) is 9.05. The normalized spacial score (nSPS) is 16.2. The van der Waals surface area contributed by atoms with Gasteiger partial charge in [-0.1, -0.05) is 17.3 Å². The molecular weight excluding hydrogens is 326 g/mol. The highest BCUT2D eigenvalue weighted by Crippen LogP contribution is 2.24. The van der Waals surface area contributed by atoms with Crippen molar-refractivity contribution in [3.63, 3.8) is 0 Å². The van der Waals surface area contributed by atoms with E-state index in [1.165, 1.54) is 0 Å². The second-order valence-electron chi connectivity index (χ2n) is 7.24. The van der Waals surface area contributed by atoms with Crippen LogP contribution in [0.25, 0.3) is 22.0 Å². The van der Waals surface area contributed by atoms with Gasteiger partial charge in [0.2, 0.25) is 0 Å². The number of hydrogen-bond donors (Lipinski definition) is 0. The van der Waals surface area contributed by atoms with Crippen LogP contribution in [0.3, 0.4) is 0 Å². The van der Waals surface area contributed by atoms with Crippen LogP contribution in [-0.4, -0.2) is 50.8 Å². The van der Waals surface area contributed by atoms with E-state index >= 15 is 0 Å². The molecule has 1 saturated heterocycles. The van der Waals surface area contributed by atoms with Crippen molar-refractivity contribution in [3.05, 3.63) is 42.4 Å². The Bertz CT molecular complexity index is 940. The van der Waals surface area contributed by atoms with E-state index in [9.17, 15) is 4.79 Å². The number of benzene rings is 1. The minimum absolute atomic E-state index is 0.176. The number of likely N-dealkylation sites (tertiary alicyclic amines) is 1. The third-order valence-corrected chi connectivity index (χ3v) is 5.21. The zero-order chi connectivity index (χ0) is 18.1. The number of aryl methyl sites for hydroxylation is 1. The Hall–Kier alpha value is -2.60. The van der Waals surface area contributed by atoms with Gasteiger partial charge < -0.3 is 4.90 Å². The number of piperidine rings is 1. The summed E-state index contributed by atoms with van der Waals surface area (Å²) in [6.07, 6.45) is 6.08. The standard InChI is InChI=1S/C20H23N5O/c1-24-7-5-14(6-8-24)20(26)11-18-10-17-9-15(3-4-16(17)12-21-18)19-13-25(2)23-22-19/h3-4,9-10,12-14H,5-8,11H2,1-2H3. The van der Waals surface area contributed by atoms with Gasteiger partial charge in [-0.05, 0) is 50.5 Å². The van der Waals surface area contributed by atoms with Crippen LogP contribution in [-0.2, 0) is 18.3 Å². The van der Waals surface area contributed by atoms with Crippen molar-refractivity contribution >= 4 is 16.6 Å². The number of aromatic nitrogens is 4. The van der Waals surface area contributed by atoms with Crippen molar-refractivity contribution < 1.29 is 4.79 Å². The fourth-order valence-corrected chi connectivity index (χ4v) is 3.58. The first-order chi connectivity index (χ1) is 12.6. The summed E-state index contributed by atoms with van der Waals surface area (Å²) in [6, 6.07) is 8.18. The highest BCUT2D eigenvalue weighted by Gasteiger charge is 2.23. The van der Waals surface area contributed by atoms with Gasteiger partial charge in [-0.3, -0.25) is 14.5 Å². The largest absolute Gasteiger partial charge is 0.306 e. The molecule has 2 aromatic heterocycles. The SMILES string of the molecule is CN1CCC(C(=O)Cc2cc3cc(-c4cn(C)nn4)ccc3cn2)CC1. The van der Waals surface area contributed by atoms with E-state index < -0.39 is 0 Å². The predicted octanol–water partition coefficient (Wildman–Crippen LogP) is 2.48. The fraction of sp³-hybridized carbons (Fsp3) is 0.400. The van der Waals surface area contributed by atoms with Gasteiger partial charge in [0.25, 0.3) is 0 Å². The molecule has 3 heterocycles. The Morgan fingerprint density at radius 2 is 1.96 bits per heavy atom. The number of fused-ring (bicyclic) bond motifs is 1. The second-order valence-corrected chi connectivity index (χ2v) is 7.24. The topological polar surface area (TPSA) is 63.9 Å². The van der Waals surface area contributed by atoms with Crippen molar-refractivity contribution in [1.29, 1.82) is 0 Å². The van der Waals surface area contributed by atoms with E-state index in [1.54, 1.807) is 4.68 Å². The number of carbonyl (C=O) groups excluding carboxylic acids is 1. The summed E-state index contributed by atoms with van der Waals surface area (Å²) in [5.74, 6) is 0.490. The Kier molecular flexibility index (Phi) is 4.51. The van der Waals surface area contributed by atoms with Gasteiger partial charge in [0, 0.05) is 42.2 Å². The fourth-order valence-electron chi connectivity index (χ4n) is 3.58. The molecule has 0 aliphatic carbocycles. The predicted molar refractivity (Wildman–Crippen MR) is 101 cm³/mol. The number of ketones is 1. The average molecular weight is 349 g/mol. The van der Waals surface area contributed by atoms with Gasteiger partial charge in [-0.25, -0.2) is 0 Å². The molecule has 134 valence electrons. The van der Waals surface area contributed by atoms with E-state index in [0.717, 1.165) is 53.7 Å². The molecular formula is C20H23N5O. The van der Waals surface area contributed by atoms with Crippen molar-refractivity contribution in [2.24, 2.45) is 13.0 Å². The number of pyridine rings is 1. The van der Waals surface area contributed by atoms with Gasteiger partial charge in [0.05, 0.1) is 6.20 Å². The molecule has 0 saturated carbocycles. The molecule has 6 nitrogen and oxygen atoms in total. The Balaban J connectivity index is 1.55. The molecule has 0 unspecified atom stereocenters. The summed E-state index contributed by atoms with van der Waals surface area (Å²) in [5, 5.41) is 10.3. The van der Waals surface area contributed by atoms with Gasteiger partial charge in [0.15, 0.2) is 0 Å². The summed E-state index contributed by atoms with van der Waals surface area (Å²) in [7, 11) is 3.97. The lowest BCUT2D eigenvalue weighted by Crippen LogP contribution is -2.34. The molecule has 0 N–H and O–H groups in total. The number of carbonyl (C=O) groups is 1. The van der Waals surface area contributed by atoms with Crippen LogP contribution in [0.2, 0.25) is 0 Å². The van der Waals surface area contributed by atoms with E-state index in [1.807, 2.05) is 37.6 Å². The van der Waals surface area contributed by atoms with Crippen LogP contribution < -0.4 is 0 Å². The lowest BCUT2D eigenvalue weighted by atomic mass is 9.90. The number of Topliss-reactive ketones (excluding diaryl/α,β-unsaturated/α-hetero) is 1. The number of nitrogens with zero attached hydrogens (tertiary/aromatic N) is 5. The first-order valence-corrected chi connectivity index (χ1v) is 9.05. The minimum Gasteiger partial charge on any atom is -0.306 e. The van der Waals surface area contributed by atoms with Gasteiger partial charge in [-0.15, -0.1) is 5.10 Å². The van der Waals surface area contributed by atoms with Crippen molar-refractivity contribution in [2.75, 3.05) is 20.1 Å². The number of rotatable bonds is 4. The lowest BCUT2D eigenvalue weighted by molar-refractivity contribution is -0.123. The quantitative estimate of drug-likeness (QED) is 0.724. The van der Waals surface area contributed by atoms with Crippen molar-refractivity contribution in [1.82, 2.24) is 24.9 Å². The van der Waals surface area contributed by atoms with Crippen LogP contribution in [0.4, 0.5) is 0 Å². The molecule has 0 spiro atoms. The third-order valence-electron chi connectivity index (χ3n) is 5.21. The van der Waals surface area contributed by atoms with Gasteiger partial charge in [0.1, 0.15) is 11.5 Å². The molecule has 1 fully saturated rings. The molecule has 0 atom stereocenters. The summed E-state index contributed by atoms with van der Waals surface area (Å²) in [4.78, 5) is 19.4. The van der Waals surface area contributed by atoms with E-state index in [0.29, 0.717) is 12.2 Å². The first kappa shape index (κ1) is 16.8. The molecule has 1 aliphatic rings. The molecule has 1 aliphatic heterocycles. The van der Waals surface area contributed by atoms with Crippen LogP contribution >= 0.6 is 0 Å². The highest BCUT2D eigenvalue weighted by atomic mass is 16.1. The third kappa shape index (κ3) is 3.51.